The van der Waals surface area contributed by atoms with Crippen LogP contribution in [-0.4, -0.2) is 19.9 Å². The van der Waals surface area contributed by atoms with E-state index >= 15 is 0 Å². The van der Waals surface area contributed by atoms with Gasteiger partial charge in [0, 0.05) is 22.9 Å². The molecule has 5 nitrogen and oxygen atoms in total. The molecular formula is C50H30N4O. The minimum atomic E-state index is 0.610. The summed E-state index contributed by atoms with van der Waals surface area (Å²) >= 11 is 0. The van der Waals surface area contributed by atoms with E-state index in [1.54, 1.807) is 0 Å². The maximum Gasteiger partial charge on any atom is 0.164 e. The first-order valence-electron chi connectivity index (χ1n) is 18.4. The molecule has 0 N–H and O–H groups in total. The van der Waals surface area contributed by atoms with Crippen LogP contribution in [0.3, 0.4) is 0 Å². The van der Waals surface area contributed by atoms with Gasteiger partial charge >= 0.3 is 0 Å². The molecule has 0 unspecified atom stereocenters. The van der Waals surface area contributed by atoms with Crippen molar-refractivity contribution in [2.45, 2.75) is 0 Å². The number of benzene rings is 8. The summed E-state index contributed by atoms with van der Waals surface area (Å²) in [5.41, 5.74) is 9.65. The predicted molar refractivity (Wildman–Crippen MR) is 225 cm³/mol. The van der Waals surface area contributed by atoms with Gasteiger partial charge in [-0.15, -0.1) is 0 Å². The Bertz CT molecular complexity index is 3280. The summed E-state index contributed by atoms with van der Waals surface area (Å²) in [6.45, 7) is 0. The number of furan rings is 1. The summed E-state index contributed by atoms with van der Waals surface area (Å²) in [6.07, 6.45) is 1.82. The monoisotopic (exact) mass is 702 g/mol. The summed E-state index contributed by atoms with van der Waals surface area (Å²) in [6, 6.07) is 61.1. The molecule has 8 aromatic carbocycles. The molecule has 5 heteroatoms. The van der Waals surface area contributed by atoms with Gasteiger partial charge in [-0.1, -0.05) is 140 Å². The Labute approximate surface area is 316 Å². The third-order valence-corrected chi connectivity index (χ3v) is 10.6. The Morgan fingerprint density at radius 2 is 0.982 bits per heavy atom. The number of hydrogen-bond acceptors (Lipinski definition) is 5. The summed E-state index contributed by atoms with van der Waals surface area (Å²) < 4.78 is 6.23. The van der Waals surface area contributed by atoms with E-state index in [-0.39, 0.29) is 0 Å². The fraction of sp³-hybridized carbons (Fsp3) is 0. The van der Waals surface area contributed by atoms with Gasteiger partial charge in [-0.3, -0.25) is 4.98 Å². The van der Waals surface area contributed by atoms with Crippen LogP contribution >= 0.6 is 0 Å². The lowest BCUT2D eigenvalue weighted by molar-refractivity contribution is 0.668. The van der Waals surface area contributed by atoms with Crippen LogP contribution < -0.4 is 0 Å². The zero-order chi connectivity index (χ0) is 36.3. The van der Waals surface area contributed by atoms with Gasteiger partial charge in [0.15, 0.2) is 23.1 Å². The molecule has 0 aliphatic rings. The van der Waals surface area contributed by atoms with Gasteiger partial charge in [0.25, 0.3) is 0 Å². The van der Waals surface area contributed by atoms with E-state index in [1.807, 2.05) is 36.5 Å². The molecule has 0 atom stereocenters. The predicted octanol–water partition coefficient (Wildman–Crippen LogP) is 13.0. The third-order valence-electron chi connectivity index (χ3n) is 10.6. The first kappa shape index (κ1) is 31.1. The highest BCUT2D eigenvalue weighted by molar-refractivity contribution is 6.15. The van der Waals surface area contributed by atoms with E-state index < -0.39 is 0 Å². The second-order valence-electron chi connectivity index (χ2n) is 13.8. The number of nitrogens with zero attached hydrogens (tertiary/aromatic N) is 4. The zero-order valence-electron chi connectivity index (χ0n) is 29.5. The van der Waals surface area contributed by atoms with Crippen LogP contribution in [0.15, 0.2) is 187 Å². The molecule has 0 aliphatic heterocycles. The maximum absolute atomic E-state index is 6.23. The molecule has 0 aliphatic carbocycles. The smallest absolute Gasteiger partial charge is 0.164 e. The van der Waals surface area contributed by atoms with Crippen molar-refractivity contribution >= 4 is 54.4 Å². The molecule has 0 spiro atoms. The zero-order valence-corrected chi connectivity index (χ0v) is 29.5. The SMILES string of the molecule is c1ccc(-c2cc(-c3nc(-c4ccc5ccccc5c4)nc(-c4cccc5c(-c6cccc7oc8cccnc8c67)cccc45)n3)cc3ccccc23)cc1. The van der Waals surface area contributed by atoms with Gasteiger partial charge in [-0.2, -0.15) is 0 Å². The van der Waals surface area contributed by atoms with Crippen LogP contribution in [0.25, 0.3) is 111 Å². The van der Waals surface area contributed by atoms with E-state index in [4.69, 9.17) is 24.4 Å². The molecule has 0 saturated heterocycles. The molecule has 0 fully saturated rings. The largest absolute Gasteiger partial charge is 0.454 e. The van der Waals surface area contributed by atoms with Gasteiger partial charge in [0.05, 0.1) is 5.39 Å². The Morgan fingerprint density at radius 1 is 0.345 bits per heavy atom. The highest BCUT2D eigenvalue weighted by Gasteiger charge is 2.19. The first-order valence-corrected chi connectivity index (χ1v) is 18.4. The summed E-state index contributed by atoms with van der Waals surface area (Å²) in [7, 11) is 0. The van der Waals surface area contributed by atoms with Crippen LogP contribution in [0, 0.1) is 0 Å². The third kappa shape index (κ3) is 5.24. The van der Waals surface area contributed by atoms with Crippen LogP contribution in [-0.2, 0) is 0 Å². The Balaban J connectivity index is 1.15. The molecule has 55 heavy (non-hydrogen) atoms. The van der Waals surface area contributed by atoms with Crippen molar-refractivity contribution < 1.29 is 4.42 Å². The highest BCUT2D eigenvalue weighted by atomic mass is 16.3. The van der Waals surface area contributed by atoms with E-state index in [2.05, 4.69) is 146 Å². The lowest BCUT2D eigenvalue weighted by Crippen LogP contribution is -2.01. The molecule has 3 heterocycles. The maximum atomic E-state index is 6.23. The van der Waals surface area contributed by atoms with Crippen molar-refractivity contribution in [3.8, 4) is 56.4 Å². The number of aromatic nitrogens is 4. The number of fused-ring (bicyclic) bond motifs is 6. The van der Waals surface area contributed by atoms with E-state index in [1.165, 1.54) is 10.8 Å². The number of hydrogen-bond donors (Lipinski definition) is 0. The van der Waals surface area contributed by atoms with Crippen molar-refractivity contribution in [2.75, 3.05) is 0 Å². The summed E-state index contributed by atoms with van der Waals surface area (Å²) in [5.74, 6) is 1.85. The number of rotatable bonds is 5. The Kier molecular flexibility index (Phi) is 7.10. The van der Waals surface area contributed by atoms with Crippen molar-refractivity contribution in [1.82, 2.24) is 19.9 Å². The van der Waals surface area contributed by atoms with Gasteiger partial charge in [0.1, 0.15) is 11.1 Å². The van der Waals surface area contributed by atoms with Gasteiger partial charge in [0.2, 0.25) is 0 Å². The van der Waals surface area contributed by atoms with Crippen LogP contribution in [0.5, 0.6) is 0 Å². The van der Waals surface area contributed by atoms with Crippen molar-refractivity contribution in [3.63, 3.8) is 0 Å². The topological polar surface area (TPSA) is 64.7 Å². The average Bonchev–Trinajstić information content (AvgIpc) is 3.65. The molecule has 0 amide bonds. The molecule has 3 aromatic heterocycles. The van der Waals surface area contributed by atoms with Gasteiger partial charge < -0.3 is 4.42 Å². The second kappa shape index (κ2) is 12.6. The first-order chi connectivity index (χ1) is 27.2. The fourth-order valence-corrected chi connectivity index (χ4v) is 7.98. The lowest BCUT2D eigenvalue weighted by atomic mass is 9.93. The Morgan fingerprint density at radius 3 is 1.85 bits per heavy atom. The van der Waals surface area contributed by atoms with Crippen LogP contribution in [0.4, 0.5) is 0 Å². The van der Waals surface area contributed by atoms with Gasteiger partial charge in [-0.05, 0) is 91.0 Å². The van der Waals surface area contributed by atoms with E-state index in [0.717, 1.165) is 82.6 Å². The van der Waals surface area contributed by atoms with Crippen LogP contribution in [0.1, 0.15) is 0 Å². The molecule has 0 radical (unpaired) electrons. The average molecular weight is 703 g/mol. The van der Waals surface area contributed by atoms with E-state index in [0.29, 0.717) is 17.5 Å². The highest BCUT2D eigenvalue weighted by Crippen LogP contribution is 2.41. The molecule has 11 aromatic rings. The Hall–Kier alpha value is -7.50. The normalized spacial score (nSPS) is 11.6. The standard InChI is InChI=1S/C50H30N4O/c1-2-13-32(14-3-1)43-30-36(29-34-16-6-7-17-37(34)43)49-52-48(35-26-25-31-12-4-5-15-33(31)28-35)53-50(54-49)42-22-9-18-38-39(19-8-20-40(38)42)41-21-10-23-44-46(41)47-45(55-44)24-11-27-51-47/h1-30H. The minimum absolute atomic E-state index is 0.610. The number of pyridine rings is 1. The quantitative estimate of drug-likeness (QED) is 0.179. The fourth-order valence-electron chi connectivity index (χ4n) is 7.98. The lowest BCUT2D eigenvalue weighted by Gasteiger charge is -2.14. The van der Waals surface area contributed by atoms with E-state index in [9.17, 15) is 0 Å². The van der Waals surface area contributed by atoms with Crippen LogP contribution in [0.2, 0.25) is 0 Å². The molecule has 256 valence electrons. The molecular weight excluding hydrogens is 673 g/mol. The second-order valence-corrected chi connectivity index (χ2v) is 13.8. The summed E-state index contributed by atoms with van der Waals surface area (Å²) in [5, 5.41) is 7.73. The summed E-state index contributed by atoms with van der Waals surface area (Å²) in [4.78, 5) is 20.5. The molecule has 0 bridgehead atoms. The molecule has 0 saturated carbocycles. The van der Waals surface area contributed by atoms with Crippen molar-refractivity contribution in [3.05, 3.63) is 182 Å². The molecule has 11 rings (SSSR count). The van der Waals surface area contributed by atoms with Gasteiger partial charge in [-0.25, -0.2) is 15.0 Å². The minimum Gasteiger partial charge on any atom is -0.454 e. The van der Waals surface area contributed by atoms with Crippen molar-refractivity contribution in [2.24, 2.45) is 0 Å². The van der Waals surface area contributed by atoms with Crippen molar-refractivity contribution in [1.29, 1.82) is 0 Å².